The van der Waals surface area contributed by atoms with Gasteiger partial charge in [0.2, 0.25) is 11.7 Å². The summed E-state index contributed by atoms with van der Waals surface area (Å²) in [4.78, 5) is 20.2. The number of urea groups is 1. The van der Waals surface area contributed by atoms with Crippen molar-refractivity contribution in [2.75, 3.05) is 20.6 Å². The van der Waals surface area contributed by atoms with Gasteiger partial charge in [-0.3, -0.25) is 0 Å². The van der Waals surface area contributed by atoms with Gasteiger partial charge in [0, 0.05) is 31.2 Å². The molecular formula is C16H19ClN4O2. The largest absolute Gasteiger partial charge is 0.337 e. The van der Waals surface area contributed by atoms with Crippen LogP contribution in [0.3, 0.4) is 0 Å². The number of carbonyl (C=O) groups excluding carboxylic acids is 1. The molecule has 1 fully saturated rings. The molecule has 7 heteroatoms. The fraction of sp³-hybridized carbons (Fsp3) is 0.438. The number of rotatable bonds is 2. The minimum Gasteiger partial charge on any atom is -0.337 e. The molecule has 1 saturated heterocycles. The van der Waals surface area contributed by atoms with Crippen LogP contribution in [0, 0.1) is 0 Å². The van der Waals surface area contributed by atoms with Crippen molar-refractivity contribution in [1.29, 1.82) is 0 Å². The van der Waals surface area contributed by atoms with E-state index in [2.05, 4.69) is 10.1 Å². The topological polar surface area (TPSA) is 62.5 Å². The first-order chi connectivity index (χ1) is 11.1. The van der Waals surface area contributed by atoms with E-state index in [0.717, 1.165) is 24.8 Å². The van der Waals surface area contributed by atoms with E-state index < -0.39 is 0 Å². The zero-order valence-electron chi connectivity index (χ0n) is 13.2. The van der Waals surface area contributed by atoms with Crippen LogP contribution in [0.1, 0.15) is 31.2 Å². The lowest BCUT2D eigenvalue weighted by Gasteiger charge is -2.35. The number of nitrogens with zero attached hydrogens (tertiary/aromatic N) is 4. The molecule has 0 saturated carbocycles. The second kappa shape index (κ2) is 6.58. The van der Waals surface area contributed by atoms with Gasteiger partial charge in [-0.15, -0.1) is 0 Å². The second-order valence-electron chi connectivity index (χ2n) is 5.85. The summed E-state index contributed by atoms with van der Waals surface area (Å²) in [7, 11) is 3.50. The molecule has 2 aromatic rings. The number of benzene rings is 1. The first-order valence-electron chi connectivity index (χ1n) is 7.63. The molecule has 1 aromatic carbocycles. The maximum Gasteiger partial charge on any atom is 0.320 e. The lowest BCUT2D eigenvalue weighted by molar-refractivity contribution is 0.113. The Morgan fingerprint density at radius 2 is 2.22 bits per heavy atom. The molecule has 0 N–H and O–H groups in total. The number of hydrogen-bond donors (Lipinski definition) is 0. The Kier molecular flexibility index (Phi) is 4.52. The molecule has 23 heavy (non-hydrogen) atoms. The summed E-state index contributed by atoms with van der Waals surface area (Å²) < 4.78 is 5.44. The van der Waals surface area contributed by atoms with Gasteiger partial charge in [-0.1, -0.05) is 28.9 Å². The highest BCUT2D eigenvalue weighted by Crippen LogP contribution is 2.32. The van der Waals surface area contributed by atoms with Crippen LogP contribution in [-0.4, -0.2) is 46.6 Å². The fourth-order valence-electron chi connectivity index (χ4n) is 2.79. The normalized spacial score (nSPS) is 18.0. The highest BCUT2D eigenvalue weighted by Gasteiger charge is 2.33. The van der Waals surface area contributed by atoms with Gasteiger partial charge in [0.05, 0.1) is 0 Å². The molecule has 1 aromatic heterocycles. The zero-order chi connectivity index (χ0) is 16.4. The molecule has 122 valence electrons. The van der Waals surface area contributed by atoms with Crippen LogP contribution in [0.2, 0.25) is 5.02 Å². The molecule has 6 nitrogen and oxygen atoms in total. The number of aromatic nitrogens is 2. The Labute approximate surface area is 140 Å². The van der Waals surface area contributed by atoms with Gasteiger partial charge in [0.15, 0.2) is 0 Å². The second-order valence-corrected chi connectivity index (χ2v) is 6.28. The molecule has 0 radical (unpaired) electrons. The van der Waals surface area contributed by atoms with Gasteiger partial charge in [0.25, 0.3) is 0 Å². The summed E-state index contributed by atoms with van der Waals surface area (Å²) >= 11 is 6.01. The van der Waals surface area contributed by atoms with Gasteiger partial charge in [0.1, 0.15) is 6.04 Å². The highest BCUT2D eigenvalue weighted by molar-refractivity contribution is 6.30. The van der Waals surface area contributed by atoms with Crippen LogP contribution in [0.5, 0.6) is 0 Å². The Morgan fingerprint density at radius 1 is 1.39 bits per heavy atom. The third-order valence-corrected chi connectivity index (χ3v) is 4.18. The number of halogens is 1. The van der Waals surface area contributed by atoms with Crippen molar-refractivity contribution in [3.8, 4) is 11.4 Å². The first-order valence-corrected chi connectivity index (χ1v) is 8.01. The predicted molar refractivity (Wildman–Crippen MR) is 87.1 cm³/mol. The van der Waals surface area contributed by atoms with E-state index in [1.54, 1.807) is 36.0 Å². The molecular weight excluding hydrogens is 316 g/mol. The Bertz CT molecular complexity index is 701. The van der Waals surface area contributed by atoms with Crippen LogP contribution < -0.4 is 0 Å². The van der Waals surface area contributed by atoms with Crippen molar-refractivity contribution in [2.45, 2.75) is 25.3 Å². The molecule has 0 aliphatic carbocycles. The van der Waals surface area contributed by atoms with Crippen LogP contribution in [0.4, 0.5) is 4.79 Å². The first kappa shape index (κ1) is 15.8. The van der Waals surface area contributed by atoms with Crippen molar-refractivity contribution >= 4 is 17.6 Å². The summed E-state index contributed by atoms with van der Waals surface area (Å²) in [6, 6.07) is 7.11. The Balaban J connectivity index is 1.87. The van der Waals surface area contributed by atoms with Gasteiger partial charge < -0.3 is 14.3 Å². The molecule has 0 bridgehead atoms. The predicted octanol–water partition coefficient (Wildman–Crippen LogP) is 3.60. The number of carbonyl (C=O) groups is 1. The molecule has 1 atom stereocenters. The van der Waals surface area contributed by atoms with E-state index in [1.165, 1.54) is 0 Å². The Hall–Kier alpha value is -2.08. The van der Waals surface area contributed by atoms with Crippen molar-refractivity contribution < 1.29 is 9.32 Å². The average Bonchev–Trinajstić information content (AvgIpc) is 3.04. The van der Waals surface area contributed by atoms with Gasteiger partial charge >= 0.3 is 6.03 Å². The number of amides is 2. The molecule has 2 heterocycles. The SMILES string of the molecule is CN(C)C(=O)N1CCCCC1c1nc(-c2cccc(Cl)c2)no1. The van der Waals surface area contributed by atoms with Crippen molar-refractivity contribution in [3.63, 3.8) is 0 Å². The fourth-order valence-corrected chi connectivity index (χ4v) is 2.98. The Morgan fingerprint density at radius 3 is 2.96 bits per heavy atom. The van der Waals surface area contributed by atoms with Crippen LogP contribution >= 0.6 is 11.6 Å². The maximum atomic E-state index is 12.3. The molecule has 3 rings (SSSR count). The third kappa shape index (κ3) is 3.32. The third-order valence-electron chi connectivity index (χ3n) is 3.94. The monoisotopic (exact) mass is 334 g/mol. The molecule has 0 spiro atoms. The van der Waals surface area contributed by atoms with E-state index in [9.17, 15) is 4.79 Å². The summed E-state index contributed by atoms with van der Waals surface area (Å²) in [5, 5.41) is 4.67. The summed E-state index contributed by atoms with van der Waals surface area (Å²) in [6.07, 6.45) is 2.86. The standard InChI is InChI=1S/C16H19ClN4O2/c1-20(2)16(22)21-9-4-3-8-13(21)15-18-14(19-23-15)11-6-5-7-12(17)10-11/h5-7,10,13H,3-4,8-9H2,1-2H3. The number of likely N-dealkylation sites (tertiary alicyclic amines) is 1. The maximum absolute atomic E-state index is 12.3. The lowest BCUT2D eigenvalue weighted by atomic mass is 10.0. The molecule has 1 aliphatic heterocycles. The minimum absolute atomic E-state index is 0.0304. The minimum atomic E-state index is -0.168. The van der Waals surface area contributed by atoms with Gasteiger partial charge in [-0.25, -0.2) is 4.79 Å². The molecule has 1 unspecified atom stereocenters. The van der Waals surface area contributed by atoms with E-state index in [4.69, 9.17) is 16.1 Å². The van der Waals surface area contributed by atoms with E-state index in [0.29, 0.717) is 23.3 Å². The van der Waals surface area contributed by atoms with Crippen molar-refractivity contribution in [2.24, 2.45) is 0 Å². The summed E-state index contributed by atoms with van der Waals surface area (Å²) in [5.74, 6) is 0.972. The lowest BCUT2D eigenvalue weighted by Crippen LogP contribution is -2.44. The van der Waals surface area contributed by atoms with Crippen LogP contribution in [0.15, 0.2) is 28.8 Å². The summed E-state index contributed by atoms with van der Waals surface area (Å²) in [6.45, 7) is 0.705. The summed E-state index contributed by atoms with van der Waals surface area (Å²) in [5.41, 5.74) is 0.800. The van der Waals surface area contributed by atoms with Crippen LogP contribution in [0.25, 0.3) is 11.4 Å². The molecule has 1 aliphatic rings. The van der Waals surface area contributed by atoms with E-state index in [1.807, 2.05) is 12.1 Å². The zero-order valence-corrected chi connectivity index (χ0v) is 14.0. The highest BCUT2D eigenvalue weighted by atomic mass is 35.5. The molecule has 2 amide bonds. The number of piperidine rings is 1. The van der Waals surface area contributed by atoms with Crippen LogP contribution in [-0.2, 0) is 0 Å². The van der Waals surface area contributed by atoms with Crippen molar-refractivity contribution in [3.05, 3.63) is 35.2 Å². The van der Waals surface area contributed by atoms with Gasteiger partial charge in [-0.2, -0.15) is 4.98 Å². The van der Waals surface area contributed by atoms with Crippen molar-refractivity contribution in [1.82, 2.24) is 19.9 Å². The number of hydrogen-bond acceptors (Lipinski definition) is 4. The van der Waals surface area contributed by atoms with E-state index >= 15 is 0 Å². The van der Waals surface area contributed by atoms with Gasteiger partial charge in [-0.05, 0) is 31.4 Å². The van der Waals surface area contributed by atoms with E-state index in [-0.39, 0.29) is 12.1 Å². The average molecular weight is 335 g/mol. The smallest absolute Gasteiger partial charge is 0.320 e. The quantitative estimate of drug-likeness (QED) is 0.841.